The van der Waals surface area contributed by atoms with Crippen LogP contribution in [0.15, 0.2) is 24.4 Å². The summed E-state index contributed by atoms with van der Waals surface area (Å²) in [7, 11) is 0. The van der Waals surface area contributed by atoms with Crippen molar-refractivity contribution in [2.45, 2.75) is 38.1 Å². The molecule has 0 radical (unpaired) electrons. The topological polar surface area (TPSA) is 36.4 Å². The second-order valence-corrected chi connectivity index (χ2v) is 4.77. The first-order valence-electron chi connectivity index (χ1n) is 6.65. The van der Waals surface area contributed by atoms with Crippen LogP contribution in [0.1, 0.15) is 31.4 Å². The molecule has 94 valence electrons. The summed E-state index contributed by atoms with van der Waals surface area (Å²) in [5.74, 6) is 0. The van der Waals surface area contributed by atoms with Crippen LogP contribution in [0.2, 0.25) is 0 Å². The quantitative estimate of drug-likeness (QED) is 0.816. The number of aliphatic hydroxyl groups excluding tert-OH is 1. The number of hydrogen-bond acceptors (Lipinski definition) is 3. The summed E-state index contributed by atoms with van der Waals surface area (Å²) in [5, 5.41) is 8.89. The Bertz CT molecular complexity index is 315. The van der Waals surface area contributed by atoms with Crippen LogP contribution in [0.5, 0.6) is 0 Å². The smallest absolute Gasteiger partial charge is 0.0431 e. The van der Waals surface area contributed by atoms with Gasteiger partial charge in [0.25, 0.3) is 0 Å². The lowest BCUT2D eigenvalue weighted by Gasteiger charge is -2.24. The van der Waals surface area contributed by atoms with Crippen molar-refractivity contribution < 1.29 is 5.11 Å². The van der Waals surface area contributed by atoms with E-state index < -0.39 is 0 Å². The highest BCUT2D eigenvalue weighted by Gasteiger charge is 2.23. The van der Waals surface area contributed by atoms with Crippen molar-refractivity contribution in [1.82, 2.24) is 9.88 Å². The third kappa shape index (κ3) is 3.79. The summed E-state index contributed by atoms with van der Waals surface area (Å²) in [5.41, 5.74) is 1.18. The third-order valence-corrected chi connectivity index (χ3v) is 3.58. The largest absolute Gasteiger partial charge is 0.396 e. The van der Waals surface area contributed by atoms with Gasteiger partial charge in [0.1, 0.15) is 0 Å². The minimum absolute atomic E-state index is 0.324. The van der Waals surface area contributed by atoms with Crippen LogP contribution in [-0.4, -0.2) is 40.7 Å². The van der Waals surface area contributed by atoms with E-state index >= 15 is 0 Å². The van der Waals surface area contributed by atoms with Crippen LogP contribution in [0.3, 0.4) is 0 Å². The number of pyridine rings is 1. The number of rotatable bonds is 6. The van der Waals surface area contributed by atoms with Gasteiger partial charge in [-0.1, -0.05) is 6.07 Å². The van der Waals surface area contributed by atoms with E-state index in [1.807, 2.05) is 12.3 Å². The Hall–Kier alpha value is -0.930. The van der Waals surface area contributed by atoms with Crippen LogP contribution < -0.4 is 0 Å². The molecule has 1 fully saturated rings. The molecule has 1 unspecified atom stereocenters. The van der Waals surface area contributed by atoms with Crippen molar-refractivity contribution >= 4 is 0 Å². The zero-order valence-electron chi connectivity index (χ0n) is 10.4. The minimum Gasteiger partial charge on any atom is -0.396 e. The molecule has 1 saturated heterocycles. The van der Waals surface area contributed by atoms with Crippen molar-refractivity contribution in [2.24, 2.45) is 0 Å². The molecule has 0 aromatic carbocycles. The average Bonchev–Trinajstić information content (AvgIpc) is 2.82. The molecule has 1 aliphatic heterocycles. The van der Waals surface area contributed by atoms with Crippen molar-refractivity contribution in [3.8, 4) is 0 Å². The molecule has 2 heterocycles. The summed E-state index contributed by atoms with van der Waals surface area (Å²) in [6, 6.07) is 6.79. The molecule has 0 bridgehead atoms. The van der Waals surface area contributed by atoms with Gasteiger partial charge in [-0.05, 0) is 44.4 Å². The Morgan fingerprint density at radius 2 is 2.35 bits per heavy atom. The molecule has 0 aliphatic carbocycles. The number of nitrogens with zero attached hydrogens (tertiary/aromatic N) is 2. The molecule has 1 aliphatic rings. The fourth-order valence-electron chi connectivity index (χ4n) is 2.65. The molecule has 3 heteroatoms. The normalized spacial score (nSPS) is 20.9. The van der Waals surface area contributed by atoms with Gasteiger partial charge in [-0.2, -0.15) is 0 Å². The SMILES string of the molecule is OCCCC1CCCN1CCc1ccccn1. The zero-order valence-corrected chi connectivity index (χ0v) is 10.4. The van der Waals surface area contributed by atoms with Crippen molar-refractivity contribution in [1.29, 1.82) is 0 Å². The Balaban J connectivity index is 1.78. The number of hydrogen-bond donors (Lipinski definition) is 1. The van der Waals surface area contributed by atoms with Crippen LogP contribution in [0, 0.1) is 0 Å². The standard InChI is InChI=1S/C14H22N2O/c17-12-4-7-14-6-3-10-16(14)11-8-13-5-1-2-9-15-13/h1-2,5,9,14,17H,3-4,6-8,10-12H2. The van der Waals surface area contributed by atoms with E-state index in [0.29, 0.717) is 12.6 Å². The first-order valence-corrected chi connectivity index (χ1v) is 6.65. The number of aliphatic hydroxyl groups is 1. The van der Waals surface area contributed by atoms with Crippen LogP contribution in [0.4, 0.5) is 0 Å². The van der Waals surface area contributed by atoms with Crippen molar-refractivity contribution in [2.75, 3.05) is 19.7 Å². The average molecular weight is 234 g/mol. The summed E-state index contributed by atoms with van der Waals surface area (Å²) in [4.78, 5) is 6.92. The number of likely N-dealkylation sites (tertiary alicyclic amines) is 1. The predicted octanol–water partition coefficient (Wildman–Crippen LogP) is 1.86. The van der Waals surface area contributed by atoms with E-state index in [1.54, 1.807) is 0 Å². The molecule has 1 N–H and O–H groups in total. The highest BCUT2D eigenvalue weighted by atomic mass is 16.2. The third-order valence-electron chi connectivity index (χ3n) is 3.58. The van der Waals surface area contributed by atoms with Crippen LogP contribution in [0.25, 0.3) is 0 Å². The second-order valence-electron chi connectivity index (χ2n) is 4.77. The molecule has 1 aromatic rings. The molecule has 3 nitrogen and oxygen atoms in total. The van der Waals surface area contributed by atoms with Gasteiger partial charge in [0, 0.05) is 37.5 Å². The first kappa shape index (κ1) is 12.5. The molecular formula is C14H22N2O. The highest BCUT2D eigenvalue weighted by Crippen LogP contribution is 2.21. The van der Waals surface area contributed by atoms with Gasteiger partial charge in [0.2, 0.25) is 0 Å². The molecule has 1 atom stereocenters. The molecule has 0 spiro atoms. The fourth-order valence-corrected chi connectivity index (χ4v) is 2.65. The Labute approximate surface area is 103 Å². The lowest BCUT2D eigenvalue weighted by molar-refractivity contribution is 0.217. The molecular weight excluding hydrogens is 212 g/mol. The van der Waals surface area contributed by atoms with Gasteiger partial charge in [-0.15, -0.1) is 0 Å². The fraction of sp³-hybridized carbons (Fsp3) is 0.643. The Morgan fingerprint density at radius 3 is 3.12 bits per heavy atom. The van der Waals surface area contributed by atoms with Gasteiger partial charge < -0.3 is 5.11 Å². The van der Waals surface area contributed by atoms with E-state index in [2.05, 4.69) is 22.0 Å². The lowest BCUT2D eigenvalue weighted by Crippen LogP contribution is -2.31. The van der Waals surface area contributed by atoms with Gasteiger partial charge in [-0.3, -0.25) is 9.88 Å². The summed E-state index contributed by atoms with van der Waals surface area (Å²) in [6.45, 7) is 2.64. The van der Waals surface area contributed by atoms with Crippen LogP contribution >= 0.6 is 0 Å². The first-order chi connectivity index (χ1) is 8.40. The van der Waals surface area contributed by atoms with E-state index in [9.17, 15) is 0 Å². The molecule has 17 heavy (non-hydrogen) atoms. The monoisotopic (exact) mass is 234 g/mol. The Morgan fingerprint density at radius 1 is 1.41 bits per heavy atom. The molecule has 0 amide bonds. The molecule has 0 saturated carbocycles. The zero-order chi connectivity index (χ0) is 11.9. The summed E-state index contributed by atoms with van der Waals surface area (Å²) >= 11 is 0. The van der Waals surface area contributed by atoms with E-state index in [0.717, 1.165) is 25.8 Å². The molecule has 1 aromatic heterocycles. The predicted molar refractivity (Wildman–Crippen MR) is 68.9 cm³/mol. The maximum absolute atomic E-state index is 8.89. The lowest BCUT2D eigenvalue weighted by atomic mass is 10.1. The van der Waals surface area contributed by atoms with Gasteiger partial charge in [-0.25, -0.2) is 0 Å². The highest BCUT2D eigenvalue weighted by molar-refractivity contribution is 5.04. The van der Waals surface area contributed by atoms with Crippen molar-refractivity contribution in [3.05, 3.63) is 30.1 Å². The Kier molecular flexibility index (Phi) is 4.95. The summed E-state index contributed by atoms with van der Waals surface area (Å²) < 4.78 is 0. The van der Waals surface area contributed by atoms with Crippen LogP contribution in [-0.2, 0) is 6.42 Å². The van der Waals surface area contributed by atoms with Gasteiger partial charge >= 0.3 is 0 Å². The van der Waals surface area contributed by atoms with Gasteiger partial charge in [0.05, 0.1) is 0 Å². The van der Waals surface area contributed by atoms with Gasteiger partial charge in [0.15, 0.2) is 0 Å². The summed E-state index contributed by atoms with van der Waals surface area (Å²) in [6.07, 6.45) is 7.57. The van der Waals surface area contributed by atoms with E-state index in [1.165, 1.54) is 25.1 Å². The molecule has 2 rings (SSSR count). The maximum Gasteiger partial charge on any atom is 0.0431 e. The van der Waals surface area contributed by atoms with E-state index in [-0.39, 0.29) is 0 Å². The number of aromatic nitrogens is 1. The second kappa shape index (κ2) is 6.72. The van der Waals surface area contributed by atoms with Crippen molar-refractivity contribution in [3.63, 3.8) is 0 Å². The maximum atomic E-state index is 8.89. The minimum atomic E-state index is 0.324. The van der Waals surface area contributed by atoms with E-state index in [4.69, 9.17) is 5.11 Å².